The molecule has 2 unspecified atom stereocenters. The average Bonchev–Trinajstić information content (AvgIpc) is 2.76. The number of nitrogens with one attached hydrogen (secondary N) is 1. The van der Waals surface area contributed by atoms with Crippen LogP contribution in [0, 0.1) is 6.92 Å². The van der Waals surface area contributed by atoms with E-state index in [1.807, 2.05) is 6.07 Å². The van der Waals surface area contributed by atoms with Gasteiger partial charge in [0.05, 0.1) is 0 Å². The zero-order valence-corrected chi connectivity index (χ0v) is 10.5. The number of aliphatic hydroxyl groups excluding tert-OH is 1. The first-order chi connectivity index (χ1) is 6.68. The summed E-state index contributed by atoms with van der Waals surface area (Å²) in [7, 11) is 0. The van der Waals surface area contributed by atoms with Gasteiger partial charge in [0, 0.05) is 20.3 Å². The standard InChI is InChI=1S/C10H14BrNOS/c1-6-7(11)5-9(14-6)10(13)8-3-2-4-12-8/h5,8,10,12-13H,2-4H2,1H3. The highest BCUT2D eigenvalue weighted by atomic mass is 79.9. The molecule has 2 heterocycles. The van der Waals surface area contributed by atoms with Crippen molar-refractivity contribution < 1.29 is 5.11 Å². The summed E-state index contributed by atoms with van der Waals surface area (Å²) in [6.45, 7) is 3.10. The van der Waals surface area contributed by atoms with Crippen molar-refractivity contribution in [2.75, 3.05) is 6.54 Å². The molecule has 1 aliphatic rings. The minimum absolute atomic E-state index is 0.250. The van der Waals surface area contributed by atoms with E-state index in [1.165, 1.54) is 11.3 Å². The van der Waals surface area contributed by atoms with Crippen molar-refractivity contribution in [3.05, 3.63) is 20.3 Å². The molecule has 2 rings (SSSR count). The Morgan fingerprint density at radius 1 is 1.71 bits per heavy atom. The highest BCUT2D eigenvalue weighted by Crippen LogP contribution is 2.33. The number of thiophene rings is 1. The summed E-state index contributed by atoms with van der Waals surface area (Å²) in [6, 6.07) is 2.28. The molecule has 0 aliphatic carbocycles. The van der Waals surface area contributed by atoms with Gasteiger partial charge < -0.3 is 10.4 Å². The Kier molecular flexibility index (Phi) is 3.27. The minimum atomic E-state index is -0.340. The van der Waals surface area contributed by atoms with Gasteiger partial charge >= 0.3 is 0 Å². The van der Waals surface area contributed by atoms with E-state index in [0.29, 0.717) is 0 Å². The van der Waals surface area contributed by atoms with Crippen molar-refractivity contribution in [1.29, 1.82) is 0 Å². The summed E-state index contributed by atoms with van der Waals surface area (Å²) in [5.41, 5.74) is 0. The average molecular weight is 276 g/mol. The number of aryl methyl sites for hydroxylation is 1. The minimum Gasteiger partial charge on any atom is -0.386 e. The first-order valence-corrected chi connectivity index (χ1v) is 6.46. The monoisotopic (exact) mass is 275 g/mol. The van der Waals surface area contributed by atoms with Crippen LogP contribution in [0.5, 0.6) is 0 Å². The Bertz CT molecular complexity index is 300. The molecular formula is C10H14BrNOS. The molecule has 0 radical (unpaired) electrons. The predicted molar refractivity (Wildman–Crippen MR) is 62.7 cm³/mol. The van der Waals surface area contributed by atoms with Crippen LogP contribution in [0.25, 0.3) is 0 Å². The van der Waals surface area contributed by atoms with Gasteiger partial charge in [-0.05, 0) is 48.3 Å². The lowest BCUT2D eigenvalue weighted by Gasteiger charge is -2.16. The fourth-order valence-corrected chi connectivity index (χ4v) is 3.42. The van der Waals surface area contributed by atoms with Gasteiger partial charge in [-0.15, -0.1) is 11.3 Å². The number of rotatable bonds is 2. The smallest absolute Gasteiger partial charge is 0.103 e. The zero-order chi connectivity index (χ0) is 10.1. The molecular weight excluding hydrogens is 262 g/mol. The molecule has 2 nitrogen and oxygen atoms in total. The molecule has 4 heteroatoms. The van der Waals surface area contributed by atoms with E-state index in [-0.39, 0.29) is 12.1 Å². The second-order valence-electron chi connectivity index (χ2n) is 3.70. The number of hydrogen-bond donors (Lipinski definition) is 2. The maximum atomic E-state index is 10.1. The van der Waals surface area contributed by atoms with Crippen molar-refractivity contribution in [3.63, 3.8) is 0 Å². The highest BCUT2D eigenvalue weighted by molar-refractivity contribution is 9.10. The van der Waals surface area contributed by atoms with Crippen LogP contribution in [0.15, 0.2) is 10.5 Å². The molecule has 0 bridgehead atoms. The third kappa shape index (κ3) is 2.03. The van der Waals surface area contributed by atoms with Gasteiger partial charge in [-0.25, -0.2) is 0 Å². The summed E-state index contributed by atoms with van der Waals surface area (Å²) >= 11 is 5.14. The number of aliphatic hydroxyl groups is 1. The fourth-order valence-electron chi connectivity index (χ4n) is 1.81. The summed E-state index contributed by atoms with van der Waals surface area (Å²) in [5, 5.41) is 13.4. The van der Waals surface area contributed by atoms with Crippen LogP contribution in [0.1, 0.15) is 28.7 Å². The van der Waals surface area contributed by atoms with Crippen LogP contribution >= 0.6 is 27.3 Å². The predicted octanol–water partition coefficient (Wildman–Crippen LogP) is 2.60. The Balaban J connectivity index is 2.13. The van der Waals surface area contributed by atoms with Crippen LogP contribution in [0.3, 0.4) is 0 Å². The Morgan fingerprint density at radius 3 is 3.00 bits per heavy atom. The van der Waals surface area contributed by atoms with E-state index in [2.05, 4.69) is 28.2 Å². The largest absolute Gasteiger partial charge is 0.386 e. The molecule has 78 valence electrons. The van der Waals surface area contributed by atoms with Crippen molar-refractivity contribution in [2.45, 2.75) is 31.9 Å². The van der Waals surface area contributed by atoms with Gasteiger partial charge in [-0.3, -0.25) is 0 Å². The number of hydrogen-bond acceptors (Lipinski definition) is 3. The van der Waals surface area contributed by atoms with E-state index in [9.17, 15) is 5.11 Å². The first-order valence-electron chi connectivity index (χ1n) is 4.86. The maximum absolute atomic E-state index is 10.1. The second kappa shape index (κ2) is 4.31. The van der Waals surface area contributed by atoms with E-state index >= 15 is 0 Å². The normalized spacial score (nSPS) is 24.1. The quantitative estimate of drug-likeness (QED) is 0.870. The highest BCUT2D eigenvalue weighted by Gasteiger charge is 2.25. The topological polar surface area (TPSA) is 32.3 Å². The lowest BCUT2D eigenvalue weighted by molar-refractivity contribution is 0.141. The van der Waals surface area contributed by atoms with Crippen LogP contribution in [0.4, 0.5) is 0 Å². The van der Waals surface area contributed by atoms with Crippen LogP contribution in [-0.4, -0.2) is 17.7 Å². The van der Waals surface area contributed by atoms with Crippen molar-refractivity contribution >= 4 is 27.3 Å². The zero-order valence-electron chi connectivity index (χ0n) is 8.09. The maximum Gasteiger partial charge on any atom is 0.103 e. The first kappa shape index (κ1) is 10.6. The molecule has 1 aliphatic heterocycles. The molecule has 0 saturated carbocycles. The fraction of sp³-hybridized carbons (Fsp3) is 0.600. The SMILES string of the molecule is Cc1sc(C(O)C2CCCN2)cc1Br. The molecule has 0 spiro atoms. The van der Waals surface area contributed by atoms with E-state index < -0.39 is 0 Å². The van der Waals surface area contributed by atoms with E-state index in [0.717, 1.165) is 22.3 Å². The molecule has 2 N–H and O–H groups in total. The Labute approximate surface area is 96.5 Å². The summed E-state index contributed by atoms with van der Waals surface area (Å²) in [6.07, 6.45) is 1.91. The van der Waals surface area contributed by atoms with Gasteiger partial charge in [0.15, 0.2) is 0 Å². The van der Waals surface area contributed by atoms with Crippen LogP contribution in [-0.2, 0) is 0 Å². The Morgan fingerprint density at radius 2 is 2.50 bits per heavy atom. The molecule has 1 aromatic rings. The molecule has 1 aromatic heterocycles. The van der Waals surface area contributed by atoms with Crippen LogP contribution < -0.4 is 5.32 Å². The van der Waals surface area contributed by atoms with Gasteiger partial charge in [0.2, 0.25) is 0 Å². The molecule has 0 amide bonds. The molecule has 14 heavy (non-hydrogen) atoms. The van der Waals surface area contributed by atoms with Crippen molar-refractivity contribution in [2.24, 2.45) is 0 Å². The molecule has 1 fully saturated rings. The van der Waals surface area contributed by atoms with Crippen LogP contribution in [0.2, 0.25) is 0 Å². The van der Waals surface area contributed by atoms with E-state index in [4.69, 9.17) is 0 Å². The van der Waals surface area contributed by atoms with Crippen molar-refractivity contribution in [1.82, 2.24) is 5.32 Å². The second-order valence-corrected chi connectivity index (χ2v) is 5.84. The summed E-state index contributed by atoms with van der Waals surface area (Å²) in [4.78, 5) is 2.30. The summed E-state index contributed by atoms with van der Waals surface area (Å²) < 4.78 is 1.11. The van der Waals surface area contributed by atoms with Gasteiger partial charge in [-0.2, -0.15) is 0 Å². The van der Waals surface area contributed by atoms with Crippen molar-refractivity contribution in [3.8, 4) is 0 Å². The molecule has 2 atom stereocenters. The molecule has 1 saturated heterocycles. The molecule has 0 aromatic carbocycles. The number of halogens is 1. The van der Waals surface area contributed by atoms with E-state index in [1.54, 1.807) is 11.3 Å². The Hall–Kier alpha value is 0.100. The summed E-state index contributed by atoms with van der Waals surface area (Å²) in [5.74, 6) is 0. The third-order valence-corrected chi connectivity index (χ3v) is 4.85. The van der Waals surface area contributed by atoms with Gasteiger partial charge in [0.1, 0.15) is 6.10 Å². The van der Waals surface area contributed by atoms with Gasteiger partial charge in [-0.1, -0.05) is 0 Å². The third-order valence-electron chi connectivity index (χ3n) is 2.65. The lowest BCUT2D eigenvalue weighted by Crippen LogP contribution is -2.28. The lowest BCUT2D eigenvalue weighted by atomic mass is 10.1. The van der Waals surface area contributed by atoms with Gasteiger partial charge in [0.25, 0.3) is 0 Å².